The average Bonchev–Trinajstić information content (AvgIpc) is 2.28. The van der Waals surface area contributed by atoms with Crippen LogP contribution in [0, 0.1) is 0 Å². The molecule has 0 amide bonds. The van der Waals surface area contributed by atoms with Crippen molar-refractivity contribution in [2.24, 2.45) is 10.1 Å². The van der Waals surface area contributed by atoms with Crippen LogP contribution in [-0.2, 0) is 4.84 Å². The molecule has 80 valence electrons. The summed E-state index contributed by atoms with van der Waals surface area (Å²) in [6, 6.07) is 5.75. The minimum Gasteiger partial charge on any atom is -0.399 e. The lowest BCUT2D eigenvalue weighted by Gasteiger charge is -2.02. The molecule has 1 heterocycles. The molecule has 0 saturated heterocycles. The molecule has 4 heteroatoms. The number of oxime groups is 1. The van der Waals surface area contributed by atoms with E-state index in [4.69, 9.17) is 4.84 Å². The molecule has 1 aromatic heterocycles. The van der Waals surface area contributed by atoms with Gasteiger partial charge in [-0.05, 0) is 26.0 Å². The van der Waals surface area contributed by atoms with Crippen LogP contribution in [0.15, 0.2) is 28.3 Å². The topological polar surface area (TPSA) is 46.8 Å². The maximum Gasteiger partial charge on any atom is 0.106 e. The summed E-state index contributed by atoms with van der Waals surface area (Å²) in [6.45, 7) is 3.78. The summed E-state index contributed by atoms with van der Waals surface area (Å²) in [5, 5.41) is 3.84. The first-order chi connectivity index (χ1) is 7.19. The summed E-state index contributed by atoms with van der Waals surface area (Å²) in [6.07, 6.45) is 0. The van der Waals surface area contributed by atoms with Crippen LogP contribution >= 0.6 is 0 Å². The first-order valence-corrected chi connectivity index (χ1v) is 4.68. The Morgan fingerprint density at radius 2 is 1.80 bits per heavy atom. The number of aliphatic imine (C=N–C) groups is 1. The second kappa shape index (κ2) is 5.24. The number of nitrogens with zero attached hydrogens (tertiary/aromatic N) is 3. The molecule has 0 bridgehead atoms. The zero-order valence-corrected chi connectivity index (χ0v) is 9.48. The van der Waals surface area contributed by atoms with Crippen molar-refractivity contribution in [1.29, 1.82) is 0 Å². The van der Waals surface area contributed by atoms with Crippen molar-refractivity contribution < 1.29 is 4.84 Å². The van der Waals surface area contributed by atoms with Crippen LogP contribution in [0.5, 0.6) is 0 Å². The minimum absolute atomic E-state index is 0.753. The monoisotopic (exact) mass is 205 g/mol. The van der Waals surface area contributed by atoms with Crippen molar-refractivity contribution in [3.8, 4) is 0 Å². The van der Waals surface area contributed by atoms with E-state index in [0.717, 1.165) is 22.8 Å². The highest BCUT2D eigenvalue weighted by Crippen LogP contribution is 2.03. The lowest BCUT2D eigenvalue weighted by atomic mass is 10.2. The van der Waals surface area contributed by atoms with E-state index >= 15 is 0 Å². The SMILES string of the molecule is C/N=C(\C)c1cccc(/C(C)=N/OC)n1. The quantitative estimate of drug-likeness (QED) is 0.558. The summed E-state index contributed by atoms with van der Waals surface area (Å²) in [4.78, 5) is 13.2. The summed E-state index contributed by atoms with van der Waals surface area (Å²) >= 11 is 0. The van der Waals surface area contributed by atoms with E-state index in [9.17, 15) is 0 Å². The number of hydrogen-bond donors (Lipinski definition) is 0. The highest BCUT2D eigenvalue weighted by atomic mass is 16.6. The van der Waals surface area contributed by atoms with E-state index in [0.29, 0.717) is 0 Å². The fourth-order valence-electron chi connectivity index (χ4n) is 1.14. The molecular formula is C11H15N3O. The Kier molecular flexibility index (Phi) is 3.97. The maximum atomic E-state index is 4.70. The fraction of sp³-hybridized carbons (Fsp3) is 0.364. The highest BCUT2D eigenvalue weighted by Gasteiger charge is 2.03. The van der Waals surface area contributed by atoms with E-state index in [1.807, 2.05) is 32.0 Å². The molecule has 0 aliphatic rings. The van der Waals surface area contributed by atoms with E-state index in [1.54, 1.807) is 7.05 Å². The Labute approximate surface area is 89.7 Å². The van der Waals surface area contributed by atoms with Crippen LogP contribution in [0.2, 0.25) is 0 Å². The predicted octanol–water partition coefficient (Wildman–Crippen LogP) is 1.89. The van der Waals surface area contributed by atoms with Crippen molar-refractivity contribution in [3.63, 3.8) is 0 Å². The lowest BCUT2D eigenvalue weighted by Crippen LogP contribution is -2.05. The molecule has 0 aromatic carbocycles. The third-order valence-electron chi connectivity index (χ3n) is 2.05. The largest absolute Gasteiger partial charge is 0.399 e. The van der Waals surface area contributed by atoms with Gasteiger partial charge in [-0.2, -0.15) is 0 Å². The fourth-order valence-corrected chi connectivity index (χ4v) is 1.14. The van der Waals surface area contributed by atoms with Gasteiger partial charge in [0.25, 0.3) is 0 Å². The van der Waals surface area contributed by atoms with Gasteiger partial charge in [0.1, 0.15) is 12.8 Å². The van der Waals surface area contributed by atoms with Gasteiger partial charge in [0.15, 0.2) is 0 Å². The molecule has 0 spiro atoms. The first-order valence-electron chi connectivity index (χ1n) is 4.68. The second-order valence-electron chi connectivity index (χ2n) is 3.08. The summed E-state index contributed by atoms with van der Waals surface area (Å²) in [7, 11) is 3.27. The van der Waals surface area contributed by atoms with Gasteiger partial charge in [0.05, 0.1) is 17.1 Å². The Morgan fingerprint density at radius 3 is 2.33 bits per heavy atom. The van der Waals surface area contributed by atoms with Gasteiger partial charge in [0.2, 0.25) is 0 Å². The molecule has 1 aromatic rings. The van der Waals surface area contributed by atoms with Gasteiger partial charge in [-0.25, -0.2) is 4.98 Å². The average molecular weight is 205 g/mol. The Balaban J connectivity index is 3.08. The van der Waals surface area contributed by atoms with Crippen LogP contribution in [0.25, 0.3) is 0 Å². The van der Waals surface area contributed by atoms with Gasteiger partial charge < -0.3 is 4.84 Å². The van der Waals surface area contributed by atoms with E-state index in [-0.39, 0.29) is 0 Å². The molecule has 0 radical (unpaired) electrons. The second-order valence-corrected chi connectivity index (χ2v) is 3.08. The summed E-state index contributed by atoms with van der Waals surface area (Å²) in [5.74, 6) is 0. The molecular weight excluding hydrogens is 190 g/mol. The Bertz CT molecular complexity index is 397. The third-order valence-corrected chi connectivity index (χ3v) is 2.05. The van der Waals surface area contributed by atoms with Gasteiger partial charge >= 0.3 is 0 Å². The van der Waals surface area contributed by atoms with Crippen LogP contribution in [0.3, 0.4) is 0 Å². The molecule has 0 aliphatic heterocycles. The summed E-state index contributed by atoms with van der Waals surface area (Å²) in [5.41, 5.74) is 3.32. The standard InChI is InChI=1S/C11H15N3O/c1-8(12-3)10-6-5-7-11(13-10)9(2)14-15-4/h5-7H,1-4H3/b12-8+,14-9+. The highest BCUT2D eigenvalue weighted by molar-refractivity contribution is 6.00. The van der Waals surface area contributed by atoms with Crippen LogP contribution in [0.1, 0.15) is 25.2 Å². The van der Waals surface area contributed by atoms with Gasteiger partial charge in [-0.15, -0.1) is 0 Å². The van der Waals surface area contributed by atoms with Crippen molar-refractivity contribution >= 4 is 11.4 Å². The molecule has 4 nitrogen and oxygen atoms in total. The molecule has 1 rings (SSSR count). The zero-order chi connectivity index (χ0) is 11.3. The smallest absolute Gasteiger partial charge is 0.106 e. The van der Waals surface area contributed by atoms with Gasteiger partial charge in [-0.3, -0.25) is 4.99 Å². The predicted molar refractivity (Wildman–Crippen MR) is 61.6 cm³/mol. The minimum atomic E-state index is 0.753. The first kappa shape index (κ1) is 11.4. The molecule has 0 aliphatic carbocycles. The maximum absolute atomic E-state index is 4.70. The van der Waals surface area contributed by atoms with Crippen LogP contribution in [-0.4, -0.2) is 30.6 Å². The number of aromatic nitrogens is 1. The molecule has 0 N–H and O–H groups in total. The molecule has 0 fully saturated rings. The number of hydrogen-bond acceptors (Lipinski definition) is 4. The zero-order valence-electron chi connectivity index (χ0n) is 9.48. The number of rotatable bonds is 3. The van der Waals surface area contributed by atoms with E-state index in [2.05, 4.69) is 15.1 Å². The molecule has 15 heavy (non-hydrogen) atoms. The van der Waals surface area contributed by atoms with Crippen LogP contribution < -0.4 is 0 Å². The van der Waals surface area contributed by atoms with Crippen LogP contribution in [0.4, 0.5) is 0 Å². The lowest BCUT2D eigenvalue weighted by molar-refractivity contribution is 0.213. The number of pyridine rings is 1. The van der Waals surface area contributed by atoms with Gasteiger partial charge in [-0.1, -0.05) is 11.2 Å². The van der Waals surface area contributed by atoms with Crippen molar-refractivity contribution in [2.75, 3.05) is 14.2 Å². The summed E-state index contributed by atoms with van der Waals surface area (Å²) < 4.78 is 0. The van der Waals surface area contributed by atoms with E-state index < -0.39 is 0 Å². The molecule has 0 unspecified atom stereocenters. The molecule has 0 atom stereocenters. The Morgan fingerprint density at radius 1 is 1.20 bits per heavy atom. The van der Waals surface area contributed by atoms with Crippen molar-refractivity contribution in [3.05, 3.63) is 29.6 Å². The van der Waals surface area contributed by atoms with E-state index in [1.165, 1.54) is 7.11 Å². The normalized spacial score (nSPS) is 12.8. The molecule has 0 saturated carbocycles. The van der Waals surface area contributed by atoms with Gasteiger partial charge in [0, 0.05) is 7.05 Å². The third kappa shape index (κ3) is 2.87. The van der Waals surface area contributed by atoms with Crippen molar-refractivity contribution in [2.45, 2.75) is 13.8 Å². The van der Waals surface area contributed by atoms with Crippen molar-refractivity contribution in [1.82, 2.24) is 4.98 Å². The Hall–Kier alpha value is -1.71.